The van der Waals surface area contributed by atoms with Gasteiger partial charge >= 0.3 is 0 Å². The molecule has 0 bridgehead atoms. The molecule has 0 aliphatic carbocycles. The van der Waals surface area contributed by atoms with Crippen LogP contribution in [0.4, 0.5) is 0 Å². The number of likely N-dealkylation sites (tertiary alicyclic amines) is 1. The minimum absolute atomic E-state index is 0. The molecule has 0 spiro atoms. The van der Waals surface area contributed by atoms with Crippen molar-refractivity contribution in [3.63, 3.8) is 0 Å². The number of benzene rings is 1. The van der Waals surface area contributed by atoms with Gasteiger partial charge in [-0.2, -0.15) is 0 Å². The number of ether oxygens (including phenoxy) is 2. The van der Waals surface area contributed by atoms with E-state index in [2.05, 4.69) is 60.2 Å². The van der Waals surface area contributed by atoms with Crippen molar-refractivity contribution in [3.8, 4) is 5.75 Å². The largest absolute Gasteiger partial charge is 0.493 e. The molecular formula is C21H36IN3O2. The van der Waals surface area contributed by atoms with E-state index in [1.54, 1.807) is 0 Å². The van der Waals surface area contributed by atoms with E-state index in [1.165, 1.54) is 12.0 Å². The van der Waals surface area contributed by atoms with Crippen molar-refractivity contribution in [1.29, 1.82) is 0 Å². The van der Waals surface area contributed by atoms with Crippen LogP contribution in [0.15, 0.2) is 29.3 Å². The Bertz CT molecular complexity index is 549. The first kappa shape index (κ1) is 24.0. The third-order valence-corrected chi connectivity index (χ3v) is 4.56. The van der Waals surface area contributed by atoms with Crippen molar-refractivity contribution in [1.82, 2.24) is 10.2 Å². The standard InChI is InChI=1S/C21H35N3O2.HI/c1-5-25-16-19-11-13-24(14-19)21(22-4)23-12-10-18-6-8-20(9-7-18)26-15-17(2)3;/h6-9,17,19H,5,10-16H2,1-4H3,(H,22,23);1H. The molecule has 0 radical (unpaired) electrons. The van der Waals surface area contributed by atoms with Gasteiger partial charge in [0, 0.05) is 39.2 Å². The van der Waals surface area contributed by atoms with Crippen LogP contribution in [-0.4, -0.2) is 57.4 Å². The summed E-state index contributed by atoms with van der Waals surface area (Å²) in [5, 5.41) is 3.50. The number of nitrogens with one attached hydrogen (secondary N) is 1. The van der Waals surface area contributed by atoms with E-state index < -0.39 is 0 Å². The van der Waals surface area contributed by atoms with Crippen LogP contribution in [0.1, 0.15) is 32.8 Å². The average Bonchev–Trinajstić information content (AvgIpc) is 3.11. The van der Waals surface area contributed by atoms with Crippen LogP contribution < -0.4 is 10.1 Å². The van der Waals surface area contributed by atoms with E-state index in [0.717, 1.165) is 57.6 Å². The highest BCUT2D eigenvalue weighted by Crippen LogP contribution is 2.17. The molecule has 1 aromatic carbocycles. The van der Waals surface area contributed by atoms with Gasteiger partial charge in [-0.1, -0.05) is 26.0 Å². The Kier molecular flexibility index (Phi) is 11.7. The lowest BCUT2D eigenvalue weighted by Crippen LogP contribution is -2.41. The maximum atomic E-state index is 5.74. The van der Waals surface area contributed by atoms with Crippen molar-refractivity contribution in [2.75, 3.05) is 46.5 Å². The monoisotopic (exact) mass is 489 g/mol. The molecule has 1 atom stereocenters. The minimum atomic E-state index is 0. The number of hydrogen-bond acceptors (Lipinski definition) is 3. The first-order valence-electron chi connectivity index (χ1n) is 9.87. The fourth-order valence-corrected chi connectivity index (χ4v) is 3.11. The Morgan fingerprint density at radius 2 is 2.04 bits per heavy atom. The Morgan fingerprint density at radius 3 is 2.67 bits per heavy atom. The number of halogens is 1. The summed E-state index contributed by atoms with van der Waals surface area (Å²) < 4.78 is 11.3. The normalized spacial score (nSPS) is 17.1. The summed E-state index contributed by atoms with van der Waals surface area (Å²) in [7, 11) is 1.86. The highest BCUT2D eigenvalue weighted by molar-refractivity contribution is 14.0. The molecule has 2 rings (SSSR count). The zero-order chi connectivity index (χ0) is 18.8. The molecule has 27 heavy (non-hydrogen) atoms. The van der Waals surface area contributed by atoms with E-state index in [4.69, 9.17) is 9.47 Å². The van der Waals surface area contributed by atoms with Crippen LogP contribution in [0, 0.1) is 11.8 Å². The molecule has 1 aliphatic heterocycles. The van der Waals surface area contributed by atoms with Gasteiger partial charge in [0.05, 0.1) is 13.2 Å². The predicted molar refractivity (Wildman–Crippen MR) is 123 cm³/mol. The fourth-order valence-electron chi connectivity index (χ4n) is 3.11. The van der Waals surface area contributed by atoms with Crippen molar-refractivity contribution >= 4 is 29.9 Å². The third kappa shape index (κ3) is 8.68. The van der Waals surface area contributed by atoms with Crippen LogP contribution in [0.5, 0.6) is 5.75 Å². The third-order valence-electron chi connectivity index (χ3n) is 4.56. The van der Waals surface area contributed by atoms with E-state index in [-0.39, 0.29) is 24.0 Å². The summed E-state index contributed by atoms with van der Waals surface area (Å²) in [5.74, 6) is 3.11. The molecule has 0 aromatic heterocycles. The highest BCUT2D eigenvalue weighted by atomic mass is 127. The molecule has 6 heteroatoms. The quantitative estimate of drug-likeness (QED) is 0.326. The summed E-state index contributed by atoms with van der Waals surface area (Å²) in [5.41, 5.74) is 1.31. The maximum absolute atomic E-state index is 5.74. The van der Waals surface area contributed by atoms with Gasteiger partial charge in [-0.05, 0) is 43.4 Å². The topological polar surface area (TPSA) is 46.1 Å². The smallest absolute Gasteiger partial charge is 0.193 e. The van der Waals surface area contributed by atoms with Crippen LogP contribution in [0.3, 0.4) is 0 Å². The van der Waals surface area contributed by atoms with Crippen molar-refractivity contribution in [2.24, 2.45) is 16.8 Å². The Labute approximate surface area is 181 Å². The molecular weight excluding hydrogens is 453 g/mol. The van der Waals surface area contributed by atoms with E-state index in [9.17, 15) is 0 Å². The molecule has 1 saturated heterocycles. The summed E-state index contributed by atoms with van der Waals surface area (Å²) in [4.78, 5) is 6.78. The Morgan fingerprint density at radius 1 is 1.30 bits per heavy atom. The van der Waals surface area contributed by atoms with Crippen molar-refractivity contribution < 1.29 is 9.47 Å². The first-order chi connectivity index (χ1) is 12.6. The molecule has 154 valence electrons. The van der Waals surface area contributed by atoms with E-state index in [0.29, 0.717) is 11.8 Å². The van der Waals surface area contributed by atoms with Crippen molar-refractivity contribution in [3.05, 3.63) is 29.8 Å². The van der Waals surface area contributed by atoms with Gasteiger partial charge in [0.1, 0.15) is 5.75 Å². The minimum Gasteiger partial charge on any atom is -0.493 e. The summed E-state index contributed by atoms with van der Waals surface area (Å²) in [6.07, 6.45) is 2.15. The predicted octanol–water partition coefficient (Wildman–Crippen LogP) is 3.82. The van der Waals surface area contributed by atoms with Gasteiger partial charge in [-0.25, -0.2) is 0 Å². The van der Waals surface area contributed by atoms with E-state index in [1.807, 2.05) is 7.05 Å². The second kappa shape index (κ2) is 13.2. The lowest BCUT2D eigenvalue weighted by atomic mass is 10.1. The van der Waals surface area contributed by atoms with Crippen molar-refractivity contribution in [2.45, 2.75) is 33.6 Å². The lowest BCUT2D eigenvalue weighted by Gasteiger charge is -2.21. The van der Waals surface area contributed by atoms with Gasteiger partial charge < -0.3 is 19.7 Å². The highest BCUT2D eigenvalue weighted by Gasteiger charge is 2.24. The second-order valence-electron chi connectivity index (χ2n) is 7.33. The van der Waals surface area contributed by atoms with Gasteiger partial charge in [0.25, 0.3) is 0 Å². The van der Waals surface area contributed by atoms with Crippen LogP contribution in [0.2, 0.25) is 0 Å². The molecule has 1 heterocycles. The molecule has 1 aliphatic rings. The van der Waals surface area contributed by atoms with Crippen LogP contribution >= 0.6 is 24.0 Å². The lowest BCUT2D eigenvalue weighted by molar-refractivity contribution is 0.114. The summed E-state index contributed by atoms with van der Waals surface area (Å²) in [6.45, 7) is 11.7. The molecule has 1 aromatic rings. The Hall–Kier alpha value is -1.02. The van der Waals surface area contributed by atoms with Crippen LogP contribution in [0.25, 0.3) is 0 Å². The SMILES string of the molecule is CCOCC1CCN(C(=NC)NCCc2ccc(OCC(C)C)cc2)C1.I. The maximum Gasteiger partial charge on any atom is 0.193 e. The zero-order valence-corrected chi connectivity index (χ0v) is 19.6. The molecule has 1 unspecified atom stereocenters. The fraction of sp³-hybridized carbons (Fsp3) is 0.667. The molecule has 1 fully saturated rings. The van der Waals surface area contributed by atoms with Crippen LogP contribution in [-0.2, 0) is 11.2 Å². The van der Waals surface area contributed by atoms with Gasteiger partial charge in [0.15, 0.2) is 5.96 Å². The number of guanidine groups is 1. The number of rotatable bonds is 9. The number of hydrogen-bond donors (Lipinski definition) is 1. The molecule has 0 saturated carbocycles. The average molecular weight is 489 g/mol. The summed E-state index contributed by atoms with van der Waals surface area (Å²) >= 11 is 0. The second-order valence-corrected chi connectivity index (χ2v) is 7.33. The first-order valence-corrected chi connectivity index (χ1v) is 9.87. The van der Waals surface area contributed by atoms with Gasteiger partial charge in [-0.3, -0.25) is 4.99 Å². The molecule has 1 N–H and O–H groups in total. The zero-order valence-electron chi connectivity index (χ0n) is 17.2. The number of aliphatic imine (C=N–C) groups is 1. The molecule has 0 amide bonds. The summed E-state index contributed by atoms with van der Waals surface area (Å²) in [6, 6.07) is 8.42. The van der Waals surface area contributed by atoms with Gasteiger partial charge in [-0.15, -0.1) is 24.0 Å². The molecule has 5 nitrogen and oxygen atoms in total. The van der Waals surface area contributed by atoms with E-state index >= 15 is 0 Å². The Balaban J connectivity index is 0.00000364. The number of nitrogens with zero attached hydrogens (tertiary/aromatic N) is 2. The van der Waals surface area contributed by atoms with Gasteiger partial charge in [0.2, 0.25) is 0 Å².